The van der Waals surface area contributed by atoms with Crippen LogP contribution in [0, 0.1) is 0 Å². The van der Waals surface area contributed by atoms with Crippen LogP contribution in [-0.2, 0) is 17.8 Å². The van der Waals surface area contributed by atoms with E-state index in [1.165, 1.54) is 0 Å². The van der Waals surface area contributed by atoms with Crippen molar-refractivity contribution in [2.45, 2.75) is 19.0 Å². The molecule has 0 spiro atoms. The van der Waals surface area contributed by atoms with Crippen molar-refractivity contribution >= 4 is 41.6 Å². The van der Waals surface area contributed by atoms with E-state index in [1.54, 1.807) is 0 Å². The molecule has 2 aromatic carbocycles. The number of carbonyl (C=O) groups excluding carboxylic acids is 1. The van der Waals surface area contributed by atoms with E-state index in [9.17, 15) is 4.79 Å². The van der Waals surface area contributed by atoms with Crippen LogP contribution in [0.5, 0.6) is 0 Å². The molecule has 1 unspecified atom stereocenters. The number of benzene rings is 2. The van der Waals surface area contributed by atoms with Crippen molar-refractivity contribution in [3.8, 4) is 0 Å². The predicted octanol–water partition coefficient (Wildman–Crippen LogP) is 3.31. The number of carbonyl (C=O) groups is 1. The van der Waals surface area contributed by atoms with Crippen molar-refractivity contribution in [3.63, 3.8) is 0 Å². The van der Waals surface area contributed by atoms with Crippen molar-refractivity contribution < 1.29 is 4.79 Å². The number of halogens is 2. The fourth-order valence-corrected chi connectivity index (χ4v) is 3.19. The number of nitrogens with zero attached hydrogens (tertiary/aromatic N) is 2. The molecule has 118 valence electrons. The summed E-state index contributed by atoms with van der Waals surface area (Å²) in [5.74, 6) is 0.618. The van der Waals surface area contributed by atoms with Crippen LogP contribution in [0.1, 0.15) is 11.1 Å². The Kier molecular flexibility index (Phi) is 4.28. The zero-order valence-corrected chi connectivity index (χ0v) is 13.8. The third kappa shape index (κ3) is 2.80. The van der Waals surface area contributed by atoms with Crippen LogP contribution in [-0.4, -0.2) is 22.8 Å². The summed E-state index contributed by atoms with van der Waals surface area (Å²) in [4.78, 5) is 18.9. The Morgan fingerprint density at radius 1 is 1.17 bits per heavy atom. The first-order valence-corrected chi connectivity index (χ1v) is 7.58. The lowest BCUT2D eigenvalue weighted by molar-refractivity contribution is -0.121. The van der Waals surface area contributed by atoms with Gasteiger partial charge < -0.3 is 4.90 Å². The third-order valence-electron chi connectivity index (χ3n) is 4.11. The maximum absolute atomic E-state index is 12.3. The van der Waals surface area contributed by atoms with E-state index in [0.717, 1.165) is 16.8 Å². The summed E-state index contributed by atoms with van der Waals surface area (Å²) in [5, 5.41) is 3.57. The Morgan fingerprint density at radius 3 is 2.74 bits per heavy atom. The van der Waals surface area contributed by atoms with Crippen molar-refractivity contribution in [3.05, 3.63) is 64.7 Å². The number of aliphatic imine (C=N–C) groups is 1. The fraction of sp³-hybridized carbons (Fsp3) is 0.176. The van der Waals surface area contributed by atoms with Gasteiger partial charge in [0.1, 0.15) is 6.04 Å². The average molecular weight is 348 g/mol. The number of amides is 1. The first-order chi connectivity index (χ1) is 10.7. The van der Waals surface area contributed by atoms with Gasteiger partial charge in [-0.1, -0.05) is 48.0 Å². The second-order valence-electron chi connectivity index (χ2n) is 5.50. The van der Waals surface area contributed by atoms with E-state index in [0.29, 0.717) is 23.9 Å². The van der Waals surface area contributed by atoms with Gasteiger partial charge in [-0.15, -0.1) is 12.4 Å². The van der Waals surface area contributed by atoms with E-state index in [-0.39, 0.29) is 24.4 Å². The minimum atomic E-state index is -0.245. The zero-order chi connectivity index (χ0) is 15.1. The number of fused-ring (bicyclic) bond motifs is 2. The molecule has 0 radical (unpaired) electrons. The van der Waals surface area contributed by atoms with Gasteiger partial charge >= 0.3 is 0 Å². The molecule has 0 saturated carbocycles. The number of hydrogen-bond donors (Lipinski definition) is 1. The quantitative estimate of drug-likeness (QED) is 0.905. The molecule has 1 N–H and O–H groups in total. The fourth-order valence-electron chi connectivity index (χ4n) is 2.96. The minimum absolute atomic E-state index is 0. The first-order valence-electron chi connectivity index (χ1n) is 7.20. The van der Waals surface area contributed by atoms with Crippen LogP contribution >= 0.6 is 24.0 Å². The normalized spacial score (nSPS) is 18.5. The van der Waals surface area contributed by atoms with E-state index >= 15 is 0 Å². The molecule has 6 heteroatoms. The Hall–Kier alpha value is -2.04. The molecule has 0 bridgehead atoms. The number of nitrogens with one attached hydrogen (secondary N) is 1. The molecule has 4 rings (SSSR count). The molecular weight excluding hydrogens is 333 g/mol. The lowest BCUT2D eigenvalue weighted by atomic mass is 10.0. The highest BCUT2D eigenvalue weighted by atomic mass is 35.5. The number of hydrogen-bond acceptors (Lipinski definition) is 3. The molecule has 2 aromatic rings. The van der Waals surface area contributed by atoms with Gasteiger partial charge in [-0.2, -0.15) is 0 Å². The van der Waals surface area contributed by atoms with Gasteiger partial charge in [0.15, 0.2) is 0 Å². The van der Waals surface area contributed by atoms with E-state index in [4.69, 9.17) is 11.6 Å². The van der Waals surface area contributed by atoms with E-state index in [1.807, 2.05) is 53.4 Å². The summed E-state index contributed by atoms with van der Waals surface area (Å²) in [6.07, 6.45) is 0.658. The molecule has 23 heavy (non-hydrogen) atoms. The van der Waals surface area contributed by atoms with E-state index < -0.39 is 0 Å². The van der Waals surface area contributed by atoms with Gasteiger partial charge in [0.2, 0.25) is 11.9 Å². The van der Waals surface area contributed by atoms with Crippen LogP contribution in [0.15, 0.2) is 53.5 Å². The van der Waals surface area contributed by atoms with Crippen LogP contribution < -0.4 is 5.32 Å². The maximum Gasteiger partial charge on any atom is 0.249 e. The summed E-state index contributed by atoms with van der Waals surface area (Å²) in [5.41, 5.74) is 2.94. The van der Waals surface area contributed by atoms with Gasteiger partial charge in [0.05, 0.1) is 12.2 Å². The molecule has 4 nitrogen and oxygen atoms in total. The summed E-state index contributed by atoms with van der Waals surface area (Å²) < 4.78 is 0. The summed E-state index contributed by atoms with van der Waals surface area (Å²) in [6, 6.07) is 15.4. The molecule has 1 amide bonds. The topological polar surface area (TPSA) is 44.7 Å². The highest BCUT2D eigenvalue weighted by Crippen LogP contribution is 2.34. The lowest BCUT2D eigenvalue weighted by Gasteiger charge is -2.28. The van der Waals surface area contributed by atoms with E-state index in [2.05, 4.69) is 10.3 Å². The standard InChI is InChI=1S/C17H14ClN3O.ClH/c18-13-7-4-8-14-12(13)10-21-15(16(22)20-17(21)19-14)9-11-5-2-1-3-6-11;/h1-8,15H,9-10H2,(H,19,20,22);1H. The predicted molar refractivity (Wildman–Crippen MR) is 93.4 cm³/mol. The lowest BCUT2D eigenvalue weighted by Crippen LogP contribution is -2.38. The number of guanidine groups is 1. The largest absolute Gasteiger partial charge is 0.325 e. The Labute approximate surface area is 145 Å². The molecule has 0 aliphatic carbocycles. The van der Waals surface area contributed by atoms with Crippen LogP contribution in [0.4, 0.5) is 5.69 Å². The second-order valence-corrected chi connectivity index (χ2v) is 5.90. The molecule has 2 heterocycles. The molecule has 2 aliphatic heterocycles. The van der Waals surface area contributed by atoms with Gasteiger partial charge in [0.25, 0.3) is 0 Å². The Morgan fingerprint density at radius 2 is 1.96 bits per heavy atom. The SMILES string of the molecule is Cl.O=C1NC2=Nc3cccc(Cl)c3CN2C1Cc1ccccc1. The zero-order valence-electron chi connectivity index (χ0n) is 12.2. The van der Waals surface area contributed by atoms with Gasteiger partial charge in [-0.25, -0.2) is 4.99 Å². The Balaban J connectivity index is 0.00000156. The molecule has 1 saturated heterocycles. The van der Waals surface area contributed by atoms with Gasteiger partial charge in [0, 0.05) is 17.0 Å². The highest BCUT2D eigenvalue weighted by Gasteiger charge is 2.39. The van der Waals surface area contributed by atoms with Gasteiger partial charge in [-0.05, 0) is 17.7 Å². The maximum atomic E-state index is 12.3. The second kappa shape index (κ2) is 6.22. The van der Waals surface area contributed by atoms with Gasteiger partial charge in [-0.3, -0.25) is 10.1 Å². The average Bonchev–Trinajstić information content (AvgIpc) is 2.82. The van der Waals surface area contributed by atoms with Crippen molar-refractivity contribution in [1.82, 2.24) is 10.2 Å². The minimum Gasteiger partial charge on any atom is -0.325 e. The van der Waals surface area contributed by atoms with Crippen molar-refractivity contribution in [2.24, 2.45) is 4.99 Å². The summed E-state index contributed by atoms with van der Waals surface area (Å²) >= 11 is 6.28. The van der Waals surface area contributed by atoms with Crippen LogP contribution in [0.2, 0.25) is 5.02 Å². The smallest absolute Gasteiger partial charge is 0.249 e. The van der Waals surface area contributed by atoms with Crippen molar-refractivity contribution in [2.75, 3.05) is 0 Å². The number of rotatable bonds is 2. The van der Waals surface area contributed by atoms with Crippen LogP contribution in [0.3, 0.4) is 0 Å². The Bertz CT molecular complexity index is 777. The third-order valence-corrected chi connectivity index (χ3v) is 4.46. The summed E-state index contributed by atoms with van der Waals surface area (Å²) in [7, 11) is 0. The van der Waals surface area contributed by atoms with Crippen molar-refractivity contribution in [1.29, 1.82) is 0 Å². The molecule has 1 fully saturated rings. The monoisotopic (exact) mass is 347 g/mol. The first kappa shape index (κ1) is 15.8. The molecular formula is C17H15Cl2N3O. The van der Waals surface area contributed by atoms with Crippen LogP contribution in [0.25, 0.3) is 0 Å². The molecule has 2 aliphatic rings. The highest BCUT2D eigenvalue weighted by molar-refractivity contribution is 6.31. The molecule has 0 aromatic heterocycles. The summed E-state index contributed by atoms with van der Waals surface area (Å²) in [6.45, 7) is 0.601. The molecule has 1 atom stereocenters.